The van der Waals surface area contributed by atoms with Crippen LogP contribution in [0.1, 0.15) is 24.0 Å². The number of amides is 1. The van der Waals surface area contributed by atoms with Gasteiger partial charge in [0.05, 0.1) is 11.9 Å². The summed E-state index contributed by atoms with van der Waals surface area (Å²) in [6.45, 7) is 3.02. The van der Waals surface area contributed by atoms with Crippen LogP contribution in [0.3, 0.4) is 0 Å². The second-order valence-corrected chi connectivity index (χ2v) is 5.42. The summed E-state index contributed by atoms with van der Waals surface area (Å²) in [7, 11) is 0. The van der Waals surface area contributed by atoms with Gasteiger partial charge in [0.2, 0.25) is 5.91 Å². The van der Waals surface area contributed by atoms with Crippen molar-refractivity contribution in [1.82, 2.24) is 20.1 Å². The van der Waals surface area contributed by atoms with E-state index in [1.807, 2.05) is 18.5 Å². The molecule has 0 radical (unpaired) electrons. The van der Waals surface area contributed by atoms with Gasteiger partial charge in [0.25, 0.3) is 0 Å². The number of hydrogen-bond donors (Lipinski definition) is 2. The second kappa shape index (κ2) is 5.95. The quantitative estimate of drug-likeness (QED) is 0.843. The van der Waals surface area contributed by atoms with E-state index in [9.17, 15) is 4.79 Å². The summed E-state index contributed by atoms with van der Waals surface area (Å²) in [5, 5.41) is 10.4. The van der Waals surface area contributed by atoms with Crippen molar-refractivity contribution >= 4 is 11.6 Å². The number of anilines is 1. The van der Waals surface area contributed by atoms with Crippen molar-refractivity contribution in [2.45, 2.75) is 38.9 Å². The predicted octanol–water partition coefficient (Wildman–Crippen LogP) is 1.48. The third-order valence-corrected chi connectivity index (χ3v) is 3.51. The molecule has 2 aromatic rings. The molecule has 1 aliphatic rings. The SMILES string of the molecule is Cc1ccncc1CNc1cnn(CC(=O)NC2CC2)c1. The normalized spacial score (nSPS) is 14.0. The van der Waals surface area contributed by atoms with Gasteiger partial charge in [0.1, 0.15) is 6.54 Å². The van der Waals surface area contributed by atoms with Crippen LogP contribution < -0.4 is 10.6 Å². The highest BCUT2D eigenvalue weighted by atomic mass is 16.2. The van der Waals surface area contributed by atoms with Crippen molar-refractivity contribution in [3.63, 3.8) is 0 Å². The number of carbonyl (C=O) groups excluding carboxylic acids is 1. The fourth-order valence-electron chi connectivity index (χ4n) is 2.07. The molecule has 0 unspecified atom stereocenters. The fourth-order valence-corrected chi connectivity index (χ4v) is 2.07. The molecule has 1 amide bonds. The summed E-state index contributed by atoms with van der Waals surface area (Å²) in [5.41, 5.74) is 3.25. The first-order valence-corrected chi connectivity index (χ1v) is 7.16. The van der Waals surface area contributed by atoms with Crippen molar-refractivity contribution in [3.8, 4) is 0 Å². The number of aromatic nitrogens is 3. The summed E-state index contributed by atoms with van der Waals surface area (Å²) in [6.07, 6.45) is 9.42. The molecule has 3 rings (SSSR count). The first-order chi connectivity index (χ1) is 10.2. The second-order valence-electron chi connectivity index (χ2n) is 5.42. The molecule has 1 aliphatic carbocycles. The highest BCUT2D eigenvalue weighted by Crippen LogP contribution is 2.18. The Morgan fingerprint density at radius 3 is 3.05 bits per heavy atom. The molecule has 1 fully saturated rings. The van der Waals surface area contributed by atoms with Crippen LogP contribution >= 0.6 is 0 Å². The topological polar surface area (TPSA) is 71.8 Å². The molecule has 1 saturated carbocycles. The molecule has 0 aromatic carbocycles. The molecule has 0 atom stereocenters. The van der Waals surface area contributed by atoms with E-state index >= 15 is 0 Å². The van der Waals surface area contributed by atoms with E-state index in [4.69, 9.17) is 0 Å². The molecule has 2 heterocycles. The van der Waals surface area contributed by atoms with E-state index < -0.39 is 0 Å². The zero-order chi connectivity index (χ0) is 14.7. The van der Waals surface area contributed by atoms with Crippen LogP contribution in [0, 0.1) is 6.92 Å². The first-order valence-electron chi connectivity index (χ1n) is 7.16. The third kappa shape index (κ3) is 3.81. The lowest BCUT2D eigenvalue weighted by Crippen LogP contribution is -2.29. The molecular formula is C15H19N5O. The minimum Gasteiger partial charge on any atom is -0.378 e. The predicted molar refractivity (Wildman–Crippen MR) is 79.7 cm³/mol. The van der Waals surface area contributed by atoms with E-state index in [1.165, 1.54) is 5.56 Å². The maximum Gasteiger partial charge on any atom is 0.241 e. The molecule has 0 saturated heterocycles. The molecule has 6 heteroatoms. The lowest BCUT2D eigenvalue weighted by molar-refractivity contribution is -0.122. The Hall–Kier alpha value is -2.37. The number of nitrogens with zero attached hydrogens (tertiary/aromatic N) is 3. The van der Waals surface area contributed by atoms with E-state index in [0.717, 1.165) is 24.1 Å². The van der Waals surface area contributed by atoms with Crippen LogP contribution in [-0.2, 0) is 17.9 Å². The molecule has 2 N–H and O–H groups in total. The van der Waals surface area contributed by atoms with Crippen LogP contribution in [0.5, 0.6) is 0 Å². The van der Waals surface area contributed by atoms with Gasteiger partial charge in [0, 0.05) is 31.2 Å². The van der Waals surface area contributed by atoms with E-state index in [1.54, 1.807) is 17.1 Å². The van der Waals surface area contributed by atoms with E-state index in [0.29, 0.717) is 12.6 Å². The molecule has 110 valence electrons. The Balaban J connectivity index is 1.52. The van der Waals surface area contributed by atoms with Gasteiger partial charge in [-0.05, 0) is 37.0 Å². The van der Waals surface area contributed by atoms with Gasteiger partial charge in [-0.25, -0.2) is 0 Å². The molecule has 0 spiro atoms. The number of rotatable bonds is 6. The lowest BCUT2D eigenvalue weighted by Gasteiger charge is -2.06. The number of aryl methyl sites for hydroxylation is 1. The maximum atomic E-state index is 11.7. The third-order valence-electron chi connectivity index (χ3n) is 3.51. The molecule has 0 aliphatic heterocycles. The Morgan fingerprint density at radius 1 is 1.43 bits per heavy atom. The molecule has 6 nitrogen and oxygen atoms in total. The van der Waals surface area contributed by atoms with Crippen LogP contribution in [0.4, 0.5) is 5.69 Å². The maximum absolute atomic E-state index is 11.7. The number of carbonyl (C=O) groups is 1. The van der Waals surface area contributed by atoms with Gasteiger partial charge >= 0.3 is 0 Å². The minimum absolute atomic E-state index is 0.0234. The zero-order valence-electron chi connectivity index (χ0n) is 12.0. The van der Waals surface area contributed by atoms with Gasteiger partial charge in [-0.2, -0.15) is 5.10 Å². The highest BCUT2D eigenvalue weighted by Gasteiger charge is 2.23. The highest BCUT2D eigenvalue weighted by molar-refractivity contribution is 5.76. The van der Waals surface area contributed by atoms with Crippen LogP contribution in [-0.4, -0.2) is 26.7 Å². The average Bonchev–Trinajstić information content (AvgIpc) is 3.16. The van der Waals surface area contributed by atoms with Crippen molar-refractivity contribution < 1.29 is 4.79 Å². The standard InChI is InChI=1S/C15H19N5O/c1-11-4-5-16-6-12(11)7-17-14-8-18-20(9-14)10-15(21)19-13-2-3-13/h4-6,8-9,13,17H,2-3,7,10H2,1H3,(H,19,21). The van der Waals surface area contributed by atoms with Crippen molar-refractivity contribution in [1.29, 1.82) is 0 Å². The monoisotopic (exact) mass is 285 g/mol. The number of pyridine rings is 1. The zero-order valence-corrected chi connectivity index (χ0v) is 12.0. The summed E-state index contributed by atoms with van der Waals surface area (Å²) in [5.74, 6) is 0.0234. The van der Waals surface area contributed by atoms with Gasteiger partial charge in [-0.15, -0.1) is 0 Å². The molecule has 0 bridgehead atoms. The number of hydrogen-bond acceptors (Lipinski definition) is 4. The van der Waals surface area contributed by atoms with Crippen LogP contribution in [0.2, 0.25) is 0 Å². The summed E-state index contributed by atoms with van der Waals surface area (Å²) in [4.78, 5) is 15.8. The van der Waals surface area contributed by atoms with E-state index in [2.05, 4.69) is 27.6 Å². The molecule has 21 heavy (non-hydrogen) atoms. The lowest BCUT2D eigenvalue weighted by atomic mass is 10.1. The smallest absolute Gasteiger partial charge is 0.241 e. The van der Waals surface area contributed by atoms with Crippen molar-refractivity contribution in [3.05, 3.63) is 42.0 Å². The van der Waals surface area contributed by atoms with Gasteiger partial charge in [-0.3, -0.25) is 14.5 Å². The minimum atomic E-state index is 0.0234. The summed E-state index contributed by atoms with van der Waals surface area (Å²) in [6, 6.07) is 2.38. The summed E-state index contributed by atoms with van der Waals surface area (Å²) >= 11 is 0. The Bertz CT molecular complexity index is 632. The van der Waals surface area contributed by atoms with Gasteiger partial charge < -0.3 is 10.6 Å². The Morgan fingerprint density at radius 2 is 2.29 bits per heavy atom. The summed E-state index contributed by atoms with van der Waals surface area (Å²) < 4.78 is 1.65. The Kier molecular flexibility index (Phi) is 3.85. The molecule has 2 aromatic heterocycles. The Labute approximate surface area is 123 Å². The van der Waals surface area contributed by atoms with Crippen molar-refractivity contribution in [2.75, 3.05) is 5.32 Å². The van der Waals surface area contributed by atoms with Gasteiger partial charge in [0.15, 0.2) is 0 Å². The number of nitrogens with one attached hydrogen (secondary N) is 2. The largest absolute Gasteiger partial charge is 0.378 e. The van der Waals surface area contributed by atoms with Crippen molar-refractivity contribution in [2.24, 2.45) is 0 Å². The van der Waals surface area contributed by atoms with Crippen LogP contribution in [0.15, 0.2) is 30.9 Å². The average molecular weight is 285 g/mol. The first kappa shape index (κ1) is 13.6. The van der Waals surface area contributed by atoms with E-state index in [-0.39, 0.29) is 12.5 Å². The van der Waals surface area contributed by atoms with Crippen LogP contribution in [0.25, 0.3) is 0 Å². The fraction of sp³-hybridized carbons (Fsp3) is 0.400. The molecular weight excluding hydrogens is 266 g/mol. The van der Waals surface area contributed by atoms with Gasteiger partial charge in [-0.1, -0.05) is 0 Å².